The highest BCUT2D eigenvalue weighted by Crippen LogP contribution is 2.23. The molecular formula is C23H37N3O2. The highest BCUT2D eigenvalue weighted by Gasteiger charge is 2.22. The molecule has 2 N–H and O–H groups in total. The van der Waals surface area contributed by atoms with E-state index in [1.54, 1.807) is 0 Å². The Morgan fingerprint density at radius 2 is 1.64 bits per heavy atom. The molecule has 0 aliphatic carbocycles. The monoisotopic (exact) mass is 387 g/mol. The van der Waals surface area contributed by atoms with Gasteiger partial charge in [-0.15, -0.1) is 0 Å². The van der Waals surface area contributed by atoms with E-state index in [2.05, 4.69) is 47.6 Å². The first-order valence-corrected chi connectivity index (χ1v) is 10.5. The zero-order valence-corrected chi connectivity index (χ0v) is 18.2. The molecule has 1 aliphatic rings. The van der Waals surface area contributed by atoms with E-state index in [1.165, 1.54) is 17.5 Å². The number of carbonyl (C=O) groups is 2. The lowest BCUT2D eigenvalue weighted by Crippen LogP contribution is -2.38. The highest BCUT2D eigenvalue weighted by molar-refractivity contribution is 5.82. The van der Waals surface area contributed by atoms with Gasteiger partial charge in [0, 0.05) is 44.6 Å². The summed E-state index contributed by atoms with van der Waals surface area (Å²) in [6.07, 6.45) is 1.60. The van der Waals surface area contributed by atoms with Crippen LogP contribution in [0.3, 0.4) is 0 Å². The largest absolute Gasteiger partial charge is 0.355 e. The van der Waals surface area contributed by atoms with E-state index in [-0.39, 0.29) is 11.8 Å². The fraction of sp³-hybridized carbons (Fsp3) is 0.652. The molecule has 0 bridgehead atoms. The average Bonchev–Trinajstić information content (AvgIpc) is 2.59. The van der Waals surface area contributed by atoms with Crippen LogP contribution in [0.25, 0.3) is 0 Å². The molecule has 1 heterocycles. The average molecular weight is 388 g/mol. The van der Waals surface area contributed by atoms with Gasteiger partial charge in [0.25, 0.3) is 0 Å². The number of likely N-dealkylation sites (tertiary alicyclic amines) is 1. The second-order valence-electron chi connectivity index (χ2n) is 9.44. The Labute approximate surface area is 170 Å². The Hall–Kier alpha value is -1.88. The minimum atomic E-state index is -0.432. The molecule has 5 heteroatoms. The van der Waals surface area contributed by atoms with Crippen molar-refractivity contribution in [2.75, 3.05) is 19.6 Å². The number of hydrogen-bond acceptors (Lipinski definition) is 3. The lowest BCUT2D eigenvalue weighted by atomic mass is 9.91. The molecule has 2 rings (SSSR count). The SMILES string of the molecule is CC1CC(C)CN(Cc2ccccc2CNC(=O)CCNC(=O)C(C)(C)C)C1. The van der Waals surface area contributed by atoms with Crippen LogP contribution in [0.5, 0.6) is 0 Å². The Bertz CT molecular complexity index is 656. The molecule has 0 spiro atoms. The number of nitrogens with zero attached hydrogens (tertiary/aromatic N) is 1. The molecule has 0 radical (unpaired) electrons. The standard InChI is InChI=1S/C23H37N3O2/c1-17-12-18(2)15-26(14-17)16-20-9-7-6-8-19(20)13-25-21(27)10-11-24-22(28)23(3,4)5/h6-9,17-18H,10-16H2,1-5H3,(H,24,28)(H,25,27). The number of carbonyl (C=O) groups excluding carboxylic acids is 2. The van der Waals surface area contributed by atoms with E-state index in [4.69, 9.17) is 0 Å². The number of hydrogen-bond donors (Lipinski definition) is 2. The van der Waals surface area contributed by atoms with Crippen molar-refractivity contribution in [1.82, 2.24) is 15.5 Å². The van der Waals surface area contributed by atoms with Crippen LogP contribution >= 0.6 is 0 Å². The summed E-state index contributed by atoms with van der Waals surface area (Å²) in [5.41, 5.74) is 2.02. The number of nitrogens with one attached hydrogen (secondary N) is 2. The summed E-state index contributed by atoms with van der Waals surface area (Å²) in [6, 6.07) is 8.35. The quantitative estimate of drug-likeness (QED) is 0.754. The summed E-state index contributed by atoms with van der Waals surface area (Å²) in [5.74, 6) is 1.40. The maximum Gasteiger partial charge on any atom is 0.225 e. The van der Waals surface area contributed by atoms with Gasteiger partial charge in [-0.05, 0) is 29.4 Å². The Morgan fingerprint density at radius 3 is 2.25 bits per heavy atom. The first-order valence-electron chi connectivity index (χ1n) is 10.5. The lowest BCUT2D eigenvalue weighted by Gasteiger charge is -2.35. The molecule has 2 unspecified atom stereocenters. The zero-order valence-electron chi connectivity index (χ0n) is 18.2. The van der Waals surface area contributed by atoms with Gasteiger partial charge < -0.3 is 10.6 Å². The van der Waals surface area contributed by atoms with Crippen LogP contribution in [0.15, 0.2) is 24.3 Å². The summed E-state index contributed by atoms with van der Waals surface area (Å²) < 4.78 is 0. The van der Waals surface area contributed by atoms with Crippen LogP contribution in [0.1, 0.15) is 58.6 Å². The third-order valence-corrected chi connectivity index (χ3v) is 5.25. The van der Waals surface area contributed by atoms with E-state index in [9.17, 15) is 9.59 Å². The third kappa shape index (κ3) is 7.27. The van der Waals surface area contributed by atoms with Gasteiger partial charge in [0.2, 0.25) is 11.8 Å². The smallest absolute Gasteiger partial charge is 0.225 e. The molecule has 1 saturated heterocycles. The molecule has 1 aromatic rings. The van der Waals surface area contributed by atoms with E-state index >= 15 is 0 Å². The van der Waals surface area contributed by atoms with E-state index in [0.717, 1.165) is 31.5 Å². The summed E-state index contributed by atoms with van der Waals surface area (Å²) in [4.78, 5) is 26.5. The van der Waals surface area contributed by atoms with Gasteiger partial charge in [-0.25, -0.2) is 0 Å². The van der Waals surface area contributed by atoms with Crippen molar-refractivity contribution in [2.45, 2.75) is 60.5 Å². The van der Waals surface area contributed by atoms with Gasteiger partial charge in [0.15, 0.2) is 0 Å². The minimum absolute atomic E-state index is 0.0318. The number of rotatable bonds is 7. The van der Waals surface area contributed by atoms with Crippen LogP contribution in [0.2, 0.25) is 0 Å². The Morgan fingerprint density at radius 1 is 1.04 bits per heavy atom. The maximum atomic E-state index is 12.2. The molecule has 1 fully saturated rings. The van der Waals surface area contributed by atoms with Gasteiger partial charge in [0.05, 0.1) is 0 Å². The van der Waals surface area contributed by atoms with Crippen LogP contribution in [0.4, 0.5) is 0 Å². The zero-order chi connectivity index (χ0) is 20.7. The van der Waals surface area contributed by atoms with Crippen molar-refractivity contribution in [1.29, 1.82) is 0 Å². The van der Waals surface area contributed by atoms with Crippen molar-refractivity contribution in [3.63, 3.8) is 0 Å². The van der Waals surface area contributed by atoms with Crippen molar-refractivity contribution < 1.29 is 9.59 Å². The van der Waals surface area contributed by atoms with Gasteiger partial charge in [-0.3, -0.25) is 14.5 Å². The molecule has 0 aromatic heterocycles. The number of amides is 2. The fourth-order valence-corrected chi connectivity index (χ4v) is 3.88. The topological polar surface area (TPSA) is 61.4 Å². The van der Waals surface area contributed by atoms with Gasteiger partial charge in [0.1, 0.15) is 0 Å². The summed E-state index contributed by atoms with van der Waals surface area (Å²) in [5, 5.41) is 5.82. The fourth-order valence-electron chi connectivity index (χ4n) is 3.88. The lowest BCUT2D eigenvalue weighted by molar-refractivity contribution is -0.128. The Balaban J connectivity index is 1.82. The predicted molar refractivity (Wildman–Crippen MR) is 114 cm³/mol. The second-order valence-corrected chi connectivity index (χ2v) is 9.44. The molecule has 5 nitrogen and oxygen atoms in total. The highest BCUT2D eigenvalue weighted by atomic mass is 16.2. The van der Waals surface area contributed by atoms with Crippen LogP contribution in [-0.2, 0) is 22.7 Å². The first kappa shape index (κ1) is 22.4. The van der Waals surface area contributed by atoms with E-state index in [0.29, 0.717) is 19.5 Å². The van der Waals surface area contributed by atoms with Crippen molar-refractivity contribution in [3.8, 4) is 0 Å². The van der Waals surface area contributed by atoms with Crippen molar-refractivity contribution in [2.24, 2.45) is 17.3 Å². The maximum absolute atomic E-state index is 12.2. The van der Waals surface area contributed by atoms with Crippen molar-refractivity contribution in [3.05, 3.63) is 35.4 Å². The van der Waals surface area contributed by atoms with Gasteiger partial charge >= 0.3 is 0 Å². The van der Waals surface area contributed by atoms with E-state index < -0.39 is 5.41 Å². The first-order chi connectivity index (χ1) is 13.1. The summed E-state index contributed by atoms with van der Waals surface area (Å²) >= 11 is 0. The van der Waals surface area contributed by atoms with Crippen molar-refractivity contribution >= 4 is 11.8 Å². The summed E-state index contributed by atoms with van der Waals surface area (Å²) in [6.45, 7) is 14.4. The summed E-state index contributed by atoms with van der Waals surface area (Å²) in [7, 11) is 0. The molecule has 28 heavy (non-hydrogen) atoms. The Kier molecular flexibility index (Phi) is 8.05. The predicted octanol–water partition coefficient (Wildman–Crippen LogP) is 3.33. The third-order valence-electron chi connectivity index (χ3n) is 5.25. The molecule has 2 atom stereocenters. The van der Waals surface area contributed by atoms with E-state index in [1.807, 2.05) is 26.8 Å². The van der Waals surface area contributed by atoms with Gasteiger partial charge in [-0.2, -0.15) is 0 Å². The molecule has 156 valence electrons. The second kappa shape index (κ2) is 10.1. The van der Waals surface area contributed by atoms with Crippen LogP contribution < -0.4 is 10.6 Å². The molecule has 1 aliphatic heterocycles. The number of piperidine rings is 1. The van der Waals surface area contributed by atoms with Crippen LogP contribution in [-0.4, -0.2) is 36.3 Å². The molecular weight excluding hydrogens is 350 g/mol. The number of benzene rings is 1. The minimum Gasteiger partial charge on any atom is -0.355 e. The molecule has 0 saturated carbocycles. The molecule has 1 aromatic carbocycles. The van der Waals surface area contributed by atoms with Gasteiger partial charge in [-0.1, -0.05) is 58.9 Å². The normalized spacial score (nSPS) is 20.6. The molecule has 2 amide bonds. The van der Waals surface area contributed by atoms with Crippen LogP contribution in [0, 0.1) is 17.3 Å².